The second kappa shape index (κ2) is 61.8. The summed E-state index contributed by atoms with van der Waals surface area (Å²) in [5.41, 5.74) is 6.04. The third-order valence-electron chi connectivity index (χ3n) is 21.6. The van der Waals surface area contributed by atoms with Gasteiger partial charge in [0.2, 0.25) is 45.7 Å². The summed E-state index contributed by atoms with van der Waals surface area (Å²) >= 11 is 6.45. The summed E-state index contributed by atoms with van der Waals surface area (Å²) in [6.45, 7) is 51.0. The molecule has 0 saturated carbocycles. The van der Waals surface area contributed by atoms with Crippen LogP contribution in [0.25, 0.3) is 0 Å². The average Bonchev–Trinajstić information content (AvgIpc) is 0.811. The van der Waals surface area contributed by atoms with E-state index in [1.807, 2.05) is 152 Å². The standard InChI is InChI=1S/C18H31N3O3S.C16H27N3O3S.C15H25N3O.C14H21N3O3.C11H15NO5S.C10H12BrNO3.C6H5BrO.C6H15N.CH3ClO2S.Na.H/c1-6-21(25(5,22)23)18(2,3)15-24-17-10-8-7-9-16(17)20-13-11-19(4)12-14-20;1-16(2,17-23(4,20)21)13-22-15-8-6-5-7-14(15)19-11-9-18(3)10-12-19;1-15(2,16)12-19-14-7-5-4-6-13(14)18-10-8-17(3)9-11-18;1-14(2,17(18)19)11-20-13-6-4-3-5-12(13)16-9-7-15-8-10-16;1-9-4-6-10(7-5-9)18(15,16)17-8-11(2,3)12(13)14;1-10(2,12(13)14)7-15-9-6-4-3-5-8(9)11;7-5-3-1-2-4-6(5)8;1-4-7(5-2)6-3;1-5(2,3)4;;/h7-10H,6,11-15H2,1-5H3;5-8,17H,9-13H2,1-4H3;4-7H,8-12,16H2,1-3H3;3-6,15H,7-11H2,1-2H3;4-7H,8H2,1-3H3;3-6H,7H2,1-2H3;1-4,8H;4-6H2,1-3H3;1H3;;/q;;;;;;;;;+1;-1. The van der Waals surface area contributed by atoms with E-state index >= 15 is 0 Å². The average molecular weight is 2210 g/mol. The van der Waals surface area contributed by atoms with Gasteiger partial charge in [0.25, 0.3) is 10.1 Å². The number of piperazine rings is 4. The number of sulfonamides is 2. The Labute approximate surface area is 884 Å². The summed E-state index contributed by atoms with van der Waals surface area (Å²) in [6.07, 6.45) is 3.33. The minimum Gasteiger partial charge on any atom is -1.00 e. The second-order valence-electron chi connectivity index (χ2n) is 37.8. The second-order valence-corrected chi connectivity index (χ2v) is 47.9. The van der Waals surface area contributed by atoms with Crippen LogP contribution in [0.15, 0.2) is 184 Å². The largest absolute Gasteiger partial charge is 1.00 e. The Morgan fingerprint density at radius 3 is 1.04 bits per heavy atom. The van der Waals surface area contributed by atoms with Crippen molar-refractivity contribution in [3.63, 3.8) is 0 Å². The van der Waals surface area contributed by atoms with Crippen LogP contribution in [-0.2, 0) is 43.4 Å². The molecule has 0 unspecified atom stereocenters. The van der Waals surface area contributed by atoms with E-state index in [9.17, 15) is 64.0 Å². The van der Waals surface area contributed by atoms with Gasteiger partial charge in [0.1, 0.15) is 60.9 Å². The van der Waals surface area contributed by atoms with E-state index in [1.54, 1.807) is 50.2 Å². The van der Waals surface area contributed by atoms with Gasteiger partial charge >= 0.3 is 29.6 Å². The number of para-hydroxylation sites is 10. The van der Waals surface area contributed by atoms with Crippen molar-refractivity contribution in [2.75, 3.05) is 230 Å². The van der Waals surface area contributed by atoms with Crippen LogP contribution < -0.4 is 88.6 Å². The molecule has 0 spiro atoms. The Hall–Kier alpha value is -7.57. The van der Waals surface area contributed by atoms with Crippen molar-refractivity contribution in [3.05, 3.63) is 215 Å². The number of nitrogens with one attached hydrogen (secondary N) is 2. The summed E-state index contributed by atoms with van der Waals surface area (Å²) in [7, 11) is -2.77. The molecule has 0 aliphatic carbocycles. The van der Waals surface area contributed by atoms with Crippen LogP contribution in [0.2, 0.25) is 0 Å². The normalized spacial score (nSPS) is 14.7. The smallest absolute Gasteiger partial charge is 1.00 e. The first kappa shape index (κ1) is 129. The molecule has 0 atom stereocenters. The first-order chi connectivity index (χ1) is 65.0. The van der Waals surface area contributed by atoms with Crippen LogP contribution in [-0.4, -0.2) is 321 Å². The minimum absolute atomic E-state index is 0. The molecular weight excluding hydrogens is 2060 g/mol. The molecule has 4 heterocycles. The topological polar surface area (TPSA) is 421 Å². The molecule has 0 radical (unpaired) electrons. The van der Waals surface area contributed by atoms with Crippen molar-refractivity contribution in [1.82, 2.24) is 33.9 Å². The number of aromatic hydroxyl groups is 1. The number of anilines is 4. The first-order valence-electron chi connectivity index (χ1n) is 46.2. The zero-order valence-corrected chi connectivity index (χ0v) is 96.1. The Balaban J connectivity index is 0.000000820. The number of nitrogens with zero attached hydrogens (tertiary/aromatic N) is 12. The van der Waals surface area contributed by atoms with Gasteiger partial charge in [0.15, 0.2) is 13.2 Å². The van der Waals surface area contributed by atoms with Gasteiger partial charge < -0.3 is 80.5 Å². The van der Waals surface area contributed by atoms with E-state index in [2.05, 4.69) is 158 Å². The number of likely N-dealkylation sites (N-methyl/N-ethyl adjacent to an activating group) is 4. The Bertz CT molecular complexity index is 5340. The van der Waals surface area contributed by atoms with Crippen LogP contribution in [0.4, 0.5) is 22.7 Å². The van der Waals surface area contributed by atoms with Crippen LogP contribution in [0.3, 0.4) is 0 Å². The van der Waals surface area contributed by atoms with Gasteiger partial charge in [0, 0.05) is 184 Å². The molecular formula is C97H155Br2ClN15NaO21S4. The van der Waals surface area contributed by atoms with Crippen molar-refractivity contribution in [3.8, 4) is 34.5 Å². The summed E-state index contributed by atoms with van der Waals surface area (Å²) in [5.74, 6) is 4.15. The van der Waals surface area contributed by atoms with Crippen LogP contribution in [0.5, 0.6) is 34.5 Å². The maximum Gasteiger partial charge on any atom is 1.00 e. The minimum atomic E-state index is -3.95. The van der Waals surface area contributed by atoms with Gasteiger partial charge in [0.05, 0.1) is 66.4 Å². The number of halogens is 3. The number of nitro groups is 3. The molecule has 790 valence electrons. The number of ether oxygens (including phenoxy) is 5. The number of benzene rings is 7. The van der Waals surface area contributed by atoms with Crippen molar-refractivity contribution >= 4 is 105 Å². The van der Waals surface area contributed by atoms with E-state index in [0.717, 1.165) is 166 Å². The number of rotatable bonds is 34. The van der Waals surface area contributed by atoms with Crippen LogP contribution >= 0.6 is 42.5 Å². The number of phenols is 1. The van der Waals surface area contributed by atoms with Gasteiger partial charge in [-0.05, 0) is 206 Å². The molecule has 4 saturated heterocycles. The predicted octanol–water partition coefficient (Wildman–Crippen LogP) is 11.6. The van der Waals surface area contributed by atoms with E-state index in [4.69, 9.17) is 38.7 Å². The molecule has 0 aromatic heterocycles. The van der Waals surface area contributed by atoms with Gasteiger partial charge in [-0.3, -0.25) is 34.5 Å². The number of hydrogen-bond acceptors (Lipinski definition) is 31. The molecule has 0 bridgehead atoms. The Kier molecular flexibility index (Phi) is 56.7. The van der Waals surface area contributed by atoms with Crippen molar-refractivity contribution in [2.24, 2.45) is 5.73 Å². The van der Waals surface area contributed by atoms with Crippen molar-refractivity contribution in [2.45, 2.75) is 156 Å². The maximum absolute atomic E-state index is 12.0. The zero-order valence-electron chi connectivity index (χ0n) is 87.9. The summed E-state index contributed by atoms with van der Waals surface area (Å²) < 4.78 is 129. The fourth-order valence-electron chi connectivity index (χ4n) is 13.2. The van der Waals surface area contributed by atoms with E-state index in [1.165, 1.54) is 75.7 Å². The van der Waals surface area contributed by atoms with Crippen LogP contribution in [0.1, 0.15) is 118 Å². The van der Waals surface area contributed by atoms with Crippen LogP contribution in [0, 0.1) is 37.3 Å². The predicted molar refractivity (Wildman–Crippen MR) is 572 cm³/mol. The summed E-state index contributed by atoms with van der Waals surface area (Å²) in [6, 6.07) is 52.3. The molecule has 4 aliphatic heterocycles. The molecule has 44 heteroatoms. The molecule has 7 aromatic carbocycles. The number of aryl methyl sites for hydroxylation is 1. The third-order valence-corrected chi connectivity index (χ3v) is 26.7. The van der Waals surface area contributed by atoms with Gasteiger partial charge in [-0.2, -0.15) is 12.7 Å². The number of hydrogen-bond donors (Lipinski definition) is 4. The van der Waals surface area contributed by atoms with Crippen molar-refractivity contribution < 1.29 is 112 Å². The summed E-state index contributed by atoms with van der Waals surface area (Å²) in [4.78, 5) is 49.6. The van der Waals surface area contributed by atoms with Crippen molar-refractivity contribution in [1.29, 1.82) is 0 Å². The zero-order chi connectivity index (χ0) is 106. The van der Waals surface area contributed by atoms with Gasteiger partial charge in [-0.15, -0.1) is 0 Å². The molecule has 0 amide bonds. The summed E-state index contributed by atoms with van der Waals surface area (Å²) in [5, 5.41) is 44.4. The molecule has 141 heavy (non-hydrogen) atoms. The molecule has 7 aromatic rings. The molecule has 36 nitrogen and oxygen atoms in total. The number of phenolic OH excluding ortho intramolecular Hbond substituents is 1. The molecule has 5 N–H and O–H groups in total. The fraction of sp³-hybridized carbons (Fsp3) is 0.567. The first-order valence-corrected chi connectivity index (χ1v) is 55.7. The Morgan fingerprint density at radius 1 is 0.440 bits per heavy atom. The molecule has 11 rings (SSSR count). The quantitative estimate of drug-likeness (QED) is 0.00956. The molecule has 4 fully saturated rings. The SMILES string of the molecule is CC(C)(COc1ccccc1Br)[N+](=O)[O-].CC(C)(COc1ccccc1N1CCNCC1)[N+](=O)[O-].CCN(C(C)(C)COc1ccccc1N1CCN(C)CC1)S(C)(=O)=O.CCN(CC)CC.CN1CCN(c2ccccc2OCC(C)(C)N)CC1.CN1CCN(c2ccccc2OCC(C)(C)NS(C)(=O)=O)CC1.CS(=O)(=O)Cl.Cc1ccc(S(=O)(=O)OCC(C)(C)[N+](=O)[O-])cc1.Oc1ccccc1Br.[H-].[Na+]. The maximum atomic E-state index is 12.0. The third kappa shape index (κ3) is 51.4. The van der Waals surface area contributed by atoms with E-state index in [-0.39, 0.29) is 76.8 Å². The van der Waals surface area contributed by atoms with Gasteiger partial charge in [-0.1, -0.05) is 118 Å². The monoisotopic (exact) mass is 2210 g/mol. The van der Waals surface area contributed by atoms with E-state index in [0.29, 0.717) is 31.3 Å². The fourth-order valence-corrected chi connectivity index (χ4v) is 17.5. The van der Waals surface area contributed by atoms with Gasteiger partial charge in [-0.25, -0.2) is 30.0 Å². The Morgan fingerprint density at radius 2 is 0.738 bits per heavy atom. The van der Waals surface area contributed by atoms with E-state index < -0.39 is 78.4 Å². The number of nitrogens with two attached hydrogens (primary N) is 1. The molecule has 4 aliphatic rings.